The van der Waals surface area contributed by atoms with Gasteiger partial charge in [0.1, 0.15) is 0 Å². The first kappa shape index (κ1) is 126. The lowest BCUT2D eigenvalue weighted by Gasteiger charge is -2.10. The van der Waals surface area contributed by atoms with Gasteiger partial charge in [0.15, 0.2) is 0 Å². The molecule has 0 N–H and O–H groups in total. The average molecular weight is 1860 g/mol. The quantitative estimate of drug-likeness (QED) is 0.0625. The van der Waals surface area contributed by atoms with Gasteiger partial charge in [0.05, 0.1) is 0 Å². The predicted octanol–water partition coefficient (Wildman–Crippen LogP) is 36.4. The van der Waals surface area contributed by atoms with Crippen molar-refractivity contribution >= 4 is 64.6 Å². The van der Waals surface area contributed by atoms with Crippen molar-refractivity contribution in [2.75, 3.05) is 121 Å². The molecule has 0 radical (unpaired) electrons. The normalized spacial score (nSPS) is 10.5. The molecule has 0 saturated carbocycles. The molecule has 18 rings (SSSR count). The zero-order chi connectivity index (χ0) is 103. The Labute approximate surface area is 846 Å². The minimum absolute atomic E-state index is 0.986. The predicted molar refractivity (Wildman–Crippen MR) is 632 cm³/mol. The van der Waals surface area contributed by atoms with E-state index in [0.29, 0.717) is 0 Å². The maximum absolute atomic E-state index is 2.41. The van der Waals surface area contributed by atoms with E-state index < -0.39 is 0 Å². The van der Waals surface area contributed by atoms with Gasteiger partial charge in [-0.1, -0.05) is 487 Å². The summed E-state index contributed by atoms with van der Waals surface area (Å²) in [5.41, 5.74) is 25.5. The first-order valence-electron chi connectivity index (χ1n) is 53.8. The first-order valence-corrected chi connectivity index (χ1v) is 53.8. The van der Waals surface area contributed by atoms with Crippen LogP contribution < -0.4 is 0 Å². The van der Waals surface area contributed by atoms with Gasteiger partial charge in [-0.3, -0.25) is 0 Å². The van der Waals surface area contributed by atoms with Crippen LogP contribution in [0, 0.1) is 0 Å². The van der Waals surface area contributed by atoms with E-state index in [1.54, 1.807) is 0 Å². The highest BCUT2D eigenvalue weighted by atomic mass is 15.1. The molecule has 0 heterocycles. The van der Waals surface area contributed by atoms with Crippen molar-refractivity contribution in [3.63, 3.8) is 0 Å². The Morgan fingerprint density at radius 2 is 0.413 bits per heavy atom. The van der Waals surface area contributed by atoms with Crippen LogP contribution in [0.4, 0.5) is 0 Å². The SMILES string of the molecule is CC.CC.CC.CC.CC.CC.CC.CC.CC.CCN(C)CC.CCN(C)CC.CCN(C)CC.CCN(C)CC.CCN(C)CC.CCN(C)CC.c1ccc(Cc2ccc3c(c2)-c2ccc4c(ccc5ccccc54)c2C3)cc1.c1ccc(Cc2ccc3c(c2)-c2ccc4cc5ccccc5cc4c2C3)cc1.c1ccc(Cc2ccc3c(c2)-c2ccc4ccc5ccccc5c4c2C3)cc1. The molecule has 750 valence electrons. The van der Waals surface area contributed by atoms with Crippen LogP contribution >= 0.6 is 0 Å². The molecule has 138 heavy (non-hydrogen) atoms. The second-order valence-corrected chi connectivity index (χ2v) is 32.4. The molecule has 3 aliphatic rings. The second kappa shape index (κ2) is 74.6. The number of hydrogen-bond donors (Lipinski definition) is 0. The summed E-state index contributed by atoms with van der Waals surface area (Å²) in [6, 6.07) is 107. The van der Waals surface area contributed by atoms with Crippen LogP contribution in [-0.4, -0.2) is 150 Å². The average Bonchev–Trinajstić information content (AvgIpc) is 1.59. The van der Waals surface area contributed by atoms with Crippen LogP contribution in [0.2, 0.25) is 0 Å². The summed E-state index contributed by atoms with van der Waals surface area (Å²) in [5, 5.41) is 16.3. The smallest absolute Gasteiger partial charge is 0.000706 e. The van der Waals surface area contributed by atoms with E-state index in [1.165, 1.54) is 165 Å². The van der Waals surface area contributed by atoms with E-state index in [2.05, 4.69) is 446 Å². The van der Waals surface area contributed by atoms with Crippen molar-refractivity contribution in [3.05, 3.63) is 358 Å². The van der Waals surface area contributed by atoms with Crippen molar-refractivity contribution in [3.8, 4) is 33.4 Å². The lowest BCUT2D eigenvalue weighted by Crippen LogP contribution is -2.15. The summed E-state index contributed by atoms with van der Waals surface area (Å²) < 4.78 is 0. The van der Waals surface area contributed by atoms with Crippen LogP contribution in [0.3, 0.4) is 0 Å². The zero-order valence-electron chi connectivity index (χ0n) is 94.1. The molecule has 0 aromatic heterocycles. The third kappa shape index (κ3) is 39.4. The van der Waals surface area contributed by atoms with Gasteiger partial charge >= 0.3 is 0 Å². The number of rotatable bonds is 18. The standard InChI is InChI=1S/3C28H20.6C5H13N.9C2H6/c1-2-6-19(7-3-1)14-20-10-11-24-18-28-25(26(24)15-20)13-12-23-16-21-8-4-5-9-22(21)17-27(23)28;1-2-6-19(7-3-1)16-20-10-11-23-18-27-25(26(23)17-20)15-14-22-13-12-21-8-4-5-9-24(21)28(22)27;1-2-6-19(7-3-1)16-20-10-11-22-18-28-25-13-12-21-8-4-5-9-23(21)24(25)14-15-26(28)27(22)17-20;6*1-4-6(3)5-2;9*1-2/h1-13,15-17H,14,18H2;2*1-15,17H,16,18H2;6*4-5H2,1-3H3;9*1-2H3. The summed E-state index contributed by atoms with van der Waals surface area (Å²) >= 11 is 0. The Morgan fingerprint density at radius 1 is 0.167 bits per heavy atom. The van der Waals surface area contributed by atoms with Crippen molar-refractivity contribution in [1.29, 1.82) is 0 Å². The summed E-state index contributed by atoms with van der Waals surface area (Å²) in [6.07, 6.45) is 6.06. The molecule has 0 unspecified atom stereocenters. The van der Waals surface area contributed by atoms with Gasteiger partial charge in [0.2, 0.25) is 0 Å². The molecule has 0 aliphatic heterocycles. The van der Waals surface area contributed by atoms with E-state index in [1.807, 2.05) is 125 Å². The van der Waals surface area contributed by atoms with Gasteiger partial charge in [-0.15, -0.1) is 0 Å². The highest BCUT2D eigenvalue weighted by molar-refractivity contribution is 6.13. The fourth-order valence-electron chi connectivity index (χ4n) is 15.5. The van der Waals surface area contributed by atoms with Gasteiger partial charge in [-0.25, -0.2) is 0 Å². The van der Waals surface area contributed by atoms with E-state index >= 15 is 0 Å². The van der Waals surface area contributed by atoms with Crippen molar-refractivity contribution in [1.82, 2.24) is 29.4 Å². The highest BCUT2D eigenvalue weighted by Crippen LogP contribution is 2.46. The van der Waals surface area contributed by atoms with Gasteiger partial charge in [-0.05, 0) is 336 Å². The van der Waals surface area contributed by atoms with E-state index in [4.69, 9.17) is 0 Å². The molecule has 0 bridgehead atoms. The second-order valence-electron chi connectivity index (χ2n) is 32.4. The molecule has 0 atom stereocenters. The molecule has 0 fully saturated rings. The Kier molecular flexibility index (Phi) is 67.9. The molecular weight excluding hydrogens is 1670 g/mol. The van der Waals surface area contributed by atoms with Gasteiger partial charge in [0.25, 0.3) is 0 Å². The molecule has 0 saturated heterocycles. The van der Waals surface area contributed by atoms with Crippen LogP contribution in [0.1, 0.15) is 274 Å². The van der Waals surface area contributed by atoms with Crippen molar-refractivity contribution in [2.24, 2.45) is 0 Å². The van der Waals surface area contributed by atoms with Crippen LogP contribution in [0.15, 0.2) is 291 Å². The number of benzene rings is 15. The third-order valence-corrected chi connectivity index (χ3v) is 24.8. The molecule has 0 spiro atoms. The molecule has 0 amide bonds. The lowest BCUT2D eigenvalue weighted by molar-refractivity contribution is 0.373. The van der Waals surface area contributed by atoms with E-state index in [9.17, 15) is 0 Å². The molecule has 15 aromatic rings. The summed E-state index contributed by atoms with van der Waals surface area (Å²) in [5.74, 6) is 0. The zero-order valence-corrected chi connectivity index (χ0v) is 94.1. The Hall–Kier alpha value is -10.4. The minimum atomic E-state index is 0.986. The number of fused-ring (bicyclic) bond motifs is 20. The molecule has 6 nitrogen and oxygen atoms in total. The third-order valence-electron chi connectivity index (χ3n) is 24.8. The largest absolute Gasteiger partial charge is 0.307 e. The van der Waals surface area contributed by atoms with Crippen LogP contribution in [0.5, 0.6) is 0 Å². The summed E-state index contributed by atoms with van der Waals surface area (Å²) in [7, 11) is 12.7. The maximum Gasteiger partial charge on any atom is -0.000706 e. The number of nitrogens with zero attached hydrogens (tertiary/aromatic N) is 6. The van der Waals surface area contributed by atoms with Gasteiger partial charge in [-0.2, -0.15) is 0 Å². The molecule has 6 heteroatoms. The maximum atomic E-state index is 2.41. The Balaban J connectivity index is 0.000000823. The monoisotopic (exact) mass is 1860 g/mol. The van der Waals surface area contributed by atoms with Gasteiger partial charge in [0, 0.05) is 0 Å². The summed E-state index contributed by atoms with van der Waals surface area (Å²) in [4.78, 5) is 13.5. The highest BCUT2D eigenvalue weighted by Gasteiger charge is 2.25. The Morgan fingerprint density at radius 3 is 0.754 bits per heavy atom. The molecule has 3 aliphatic carbocycles. The van der Waals surface area contributed by atoms with Crippen LogP contribution in [-0.2, 0) is 38.5 Å². The van der Waals surface area contributed by atoms with Gasteiger partial charge < -0.3 is 29.4 Å². The summed E-state index contributed by atoms with van der Waals surface area (Å²) in [6.45, 7) is 75.8. The van der Waals surface area contributed by atoms with Crippen molar-refractivity contribution in [2.45, 2.75) is 246 Å². The van der Waals surface area contributed by atoms with E-state index in [-0.39, 0.29) is 0 Å². The lowest BCUT2D eigenvalue weighted by atomic mass is 9.94. The topological polar surface area (TPSA) is 19.4 Å². The van der Waals surface area contributed by atoms with E-state index in [0.717, 1.165) is 117 Å². The van der Waals surface area contributed by atoms with Crippen LogP contribution in [0.25, 0.3) is 98.0 Å². The minimum Gasteiger partial charge on any atom is -0.307 e. The first-order chi connectivity index (χ1) is 67.4. The molecule has 15 aromatic carbocycles. The Bertz CT molecular complexity index is 5450. The fraction of sp³-hybridized carbons (Fsp3) is 0.409. The number of hydrogen-bond acceptors (Lipinski definition) is 6. The molecular formula is C132H192N6. The van der Waals surface area contributed by atoms with Crippen molar-refractivity contribution < 1.29 is 0 Å². The fourth-order valence-corrected chi connectivity index (χ4v) is 15.5.